The molecule has 0 aliphatic carbocycles. The van der Waals surface area contributed by atoms with Gasteiger partial charge in [-0.25, -0.2) is 4.98 Å². The molecule has 1 N–H and O–H groups in total. The van der Waals surface area contributed by atoms with Gasteiger partial charge in [0.25, 0.3) is 5.69 Å². The Morgan fingerprint density at radius 3 is 2.81 bits per heavy atom. The van der Waals surface area contributed by atoms with Crippen LogP contribution in [-0.2, 0) is 6.54 Å². The van der Waals surface area contributed by atoms with E-state index in [1.54, 1.807) is 23.1 Å². The van der Waals surface area contributed by atoms with Crippen LogP contribution < -0.4 is 5.32 Å². The van der Waals surface area contributed by atoms with Crippen molar-refractivity contribution in [3.05, 3.63) is 40.7 Å². The van der Waals surface area contributed by atoms with Crippen molar-refractivity contribution in [2.45, 2.75) is 32.9 Å². The number of benzene rings is 1. The Hall–Kier alpha value is -2.28. The number of hydrogen-bond donors (Lipinski definition) is 1. The van der Waals surface area contributed by atoms with Gasteiger partial charge in [-0.05, 0) is 20.8 Å². The van der Waals surface area contributed by atoms with Crippen molar-refractivity contribution >= 4 is 5.69 Å². The second-order valence-corrected chi connectivity index (χ2v) is 5.82. The Bertz CT molecular complexity index is 630. The average Bonchev–Trinajstić information content (AvgIpc) is 2.86. The van der Waals surface area contributed by atoms with E-state index < -0.39 is 4.92 Å². The fraction of sp³-hybridized carbons (Fsp3) is 0.429. The van der Waals surface area contributed by atoms with Gasteiger partial charge in [0.2, 0.25) is 0 Å². The summed E-state index contributed by atoms with van der Waals surface area (Å²) in [5.41, 5.74) is 0.744. The van der Waals surface area contributed by atoms with Gasteiger partial charge in [0.1, 0.15) is 6.33 Å². The molecule has 2 aromatic rings. The van der Waals surface area contributed by atoms with Gasteiger partial charge in [-0.3, -0.25) is 14.8 Å². The number of nitrogens with zero attached hydrogens (tertiary/aromatic N) is 4. The van der Waals surface area contributed by atoms with Crippen LogP contribution in [0.3, 0.4) is 0 Å². The third-order valence-electron chi connectivity index (χ3n) is 2.85. The maximum atomic E-state index is 10.8. The number of aromatic nitrogens is 3. The van der Waals surface area contributed by atoms with E-state index in [4.69, 9.17) is 0 Å². The SMILES string of the molecule is CC(C)(C)NCCn1cnc(-c2cccc([N+](=O)[O-])c2)n1. The topological polar surface area (TPSA) is 85.9 Å². The van der Waals surface area contributed by atoms with Crippen molar-refractivity contribution in [3.63, 3.8) is 0 Å². The van der Waals surface area contributed by atoms with E-state index in [-0.39, 0.29) is 11.2 Å². The summed E-state index contributed by atoms with van der Waals surface area (Å²) in [6.07, 6.45) is 1.64. The van der Waals surface area contributed by atoms with E-state index in [1.807, 2.05) is 0 Å². The van der Waals surface area contributed by atoms with Crippen LogP contribution in [0.4, 0.5) is 5.69 Å². The van der Waals surface area contributed by atoms with E-state index >= 15 is 0 Å². The van der Waals surface area contributed by atoms with Crippen molar-refractivity contribution in [2.75, 3.05) is 6.54 Å². The lowest BCUT2D eigenvalue weighted by atomic mass is 10.1. The monoisotopic (exact) mass is 289 g/mol. The molecule has 0 saturated heterocycles. The van der Waals surface area contributed by atoms with Gasteiger partial charge in [-0.1, -0.05) is 12.1 Å². The Morgan fingerprint density at radius 2 is 2.14 bits per heavy atom. The first kappa shape index (κ1) is 15.1. The lowest BCUT2D eigenvalue weighted by molar-refractivity contribution is -0.384. The minimum atomic E-state index is -0.423. The van der Waals surface area contributed by atoms with E-state index in [9.17, 15) is 10.1 Å². The quantitative estimate of drug-likeness (QED) is 0.674. The predicted molar refractivity (Wildman–Crippen MR) is 79.9 cm³/mol. The summed E-state index contributed by atoms with van der Waals surface area (Å²) in [5, 5.41) is 18.5. The number of nitro groups is 1. The molecule has 7 nitrogen and oxygen atoms in total. The molecule has 1 aromatic heterocycles. The summed E-state index contributed by atoms with van der Waals surface area (Å²) < 4.78 is 1.73. The van der Waals surface area contributed by atoms with Gasteiger partial charge in [0, 0.05) is 29.8 Å². The Kier molecular flexibility index (Phi) is 4.32. The van der Waals surface area contributed by atoms with Crippen molar-refractivity contribution in [2.24, 2.45) is 0 Å². The Labute approximate surface area is 123 Å². The molecule has 0 saturated carbocycles. The maximum Gasteiger partial charge on any atom is 0.270 e. The molecule has 0 aliphatic rings. The minimum Gasteiger partial charge on any atom is -0.310 e. The van der Waals surface area contributed by atoms with Gasteiger partial charge in [0.15, 0.2) is 5.82 Å². The molecule has 1 heterocycles. The molecular weight excluding hydrogens is 270 g/mol. The number of rotatable bonds is 5. The smallest absolute Gasteiger partial charge is 0.270 e. The first-order valence-corrected chi connectivity index (χ1v) is 6.74. The van der Waals surface area contributed by atoms with Crippen LogP contribution in [0.25, 0.3) is 11.4 Å². The zero-order valence-corrected chi connectivity index (χ0v) is 12.4. The minimum absolute atomic E-state index is 0.0400. The van der Waals surface area contributed by atoms with Crippen LogP contribution in [0, 0.1) is 10.1 Å². The van der Waals surface area contributed by atoms with Crippen molar-refractivity contribution in [1.82, 2.24) is 20.1 Å². The molecule has 0 spiro atoms. The Morgan fingerprint density at radius 1 is 1.38 bits per heavy atom. The van der Waals surface area contributed by atoms with Gasteiger partial charge in [0.05, 0.1) is 11.5 Å². The second kappa shape index (κ2) is 6.01. The second-order valence-electron chi connectivity index (χ2n) is 5.82. The molecule has 0 atom stereocenters. The lowest BCUT2D eigenvalue weighted by Crippen LogP contribution is -2.37. The highest BCUT2D eigenvalue weighted by molar-refractivity contribution is 5.58. The van der Waals surface area contributed by atoms with Crippen molar-refractivity contribution < 1.29 is 4.92 Å². The molecule has 1 aromatic carbocycles. The first-order valence-electron chi connectivity index (χ1n) is 6.74. The highest BCUT2D eigenvalue weighted by Gasteiger charge is 2.11. The van der Waals surface area contributed by atoms with Crippen LogP contribution >= 0.6 is 0 Å². The number of non-ortho nitro benzene ring substituents is 1. The summed E-state index contributed by atoms with van der Waals surface area (Å²) in [6, 6.07) is 6.33. The molecule has 112 valence electrons. The van der Waals surface area contributed by atoms with Gasteiger partial charge >= 0.3 is 0 Å². The highest BCUT2D eigenvalue weighted by atomic mass is 16.6. The Balaban J connectivity index is 2.06. The maximum absolute atomic E-state index is 10.8. The first-order chi connectivity index (χ1) is 9.85. The molecule has 0 bridgehead atoms. The van der Waals surface area contributed by atoms with Crippen LogP contribution in [0.15, 0.2) is 30.6 Å². The van der Waals surface area contributed by atoms with E-state index in [0.29, 0.717) is 17.9 Å². The molecule has 21 heavy (non-hydrogen) atoms. The summed E-state index contributed by atoms with van der Waals surface area (Å²) in [7, 11) is 0. The molecule has 2 rings (SSSR count). The van der Waals surface area contributed by atoms with E-state index in [1.165, 1.54) is 12.1 Å². The molecule has 0 aliphatic heterocycles. The fourth-order valence-electron chi connectivity index (χ4n) is 1.84. The van der Waals surface area contributed by atoms with Gasteiger partial charge < -0.3 is 5.32 Å². The molecule has 0 radical (unpaired) electrons. The van der Waals surface area contributed by atoms with Crippen molar-refractivity contribution in [3.8, 4) is 11.4 Å². The number of nitro benzene ring substituents is 1. The lowest BCUT2D eigenvalue weighted by Gasteiger charge is -2.20. The summed E-state index contributed by atoms with van der Waals surface area (Å²) in [4.78, 5) is 14.6. The van der Waals surface area contributed by atoms with Crippen LogP contribution in [-0.4, -0.2) is 31.8 Å². The fourth-order valence-corrected chi connectivity index (χ4v) is 1.84. The molecule has 7 heteroatoms. The van der Waals surface area contributed by atoms with Crippen LogP contribution in [0.5, 0.6) is 0 Å². The molecule has 0 fully saturated rings. The van der Waals surface area contributed by atoms with Crippen LogP contribution in [0.2, 0.25) is 0 Å². The zero-order chi connectivity index (χ0) is 15.5. The highest BCUT2D eigenvalue weighted by Crippen LogP contribution is 2.20. The standard InChI is InChI=1S/C14H19N5O2/c1-14(2,3)16-7-8-18-10-15-13(17-18)11-5-4-6-12(9-11)19(20)21/h4-6,9-10,16H,7-8H2,1-3H3. The van der Waals surface area contributed by atoms with E-state index in [0.717, 1.165) is 6.54 Å². The molecule has 0 unspecified atom stereocenters. The van der Waals surface area contributed by atoms with Gasteiger partial charge in [-0.2, -0.15) is 5.10 Å². The summed E-state index contributed by atoms with van der Waals surface area (Å²) in [6.45, 7) is 7.77. The van der Waals surface area contributed by atoms with E-state index in [2.05, 4.69) is 36.2 Å². The zero-order valence-electron chi connectivity index (χ0n) is 12.4. The number of hydrogen-bond acceptors (Lipinski definition) is 5. The summed E-state index contributed by atoms with van der Waals surface area (Å²) in [5.74, 6) is 0.495. The third kappa shape index (κ3) is 4.35. The molecular formula is C14H19N5O2. The third-order valence-corrected chi connectivity index (χ3v) is 2.85. The largest absolute Gasteiger partial charge is 0.310 e. The van der Waals surface area contributed by atoms with Gasteiger partial charge in [-0.15, -0.1) is 0 Å². The van der Waals surface area contributed by atoms with Crippen LogP contribution in [0.1, 0.15) is 20.8 Å². The summed E-state index contributed by atoms with van der Waals surface area (Å²) >= 11 is 0. The number of nitrogens with one attached hydrogen (secondary N) is 1. The normalized spacial score (nSPS) is 11.6. The van der Waals surface area contributed by atoms with Crippen molar-refractivity contribution in [1.29, 1.82) is 0 Å². The molecule has 0 amide bonds. The average molecular weight is 289 g/mol. The predicted octanol–water partition coefficient (Wildman–Crippen LogP) is 2.24.